The second-order valence-corrected chi connectivity index (χ2v) is 4.50. The molecular formula is C13H19NO. The number of hydrogen-bond donors (Lipinski definition) is 1. The molecule has 0 radical (unpaired) electrons. The summed E-state index contributed by atoms with van der Waals surface area (Å²) in [6.45, 7) is 1.22. The zero-order valence-corrected chi connectivity index (χ0v) is 9.32. The van der Waals surface area contributed by atoms with E-state index in [1.807, 2.05) is 12.1 Å². The van der Waals surface area contributed by atoms with Crippen molar-refractivity contribution in [2.24, 2.45) is 0 Å². The Balaban J connectivity index is 1.98. The summed E-state index contributed by atoms with van der Waals surface area (Å²) in [6, 6.07) is 8.29. The van der Waals surface area contributed by atoms with Gasteiger partial charge >= 0.3 is 0 Å². The van der Waals surface area contributed by atoms with E-state index in [0.717, 1.165) is 6.42 Å². The zero-order valence-electron chi connectivity index (χ0n) is 9.32. The average Bonchev–Trinajstić information content (AvgIpc) is 2.25. The van der Waals surface area contributed by atoms with Crippen molar-refractivity contribution in [3.63, 3.8) is 0 Å². The molecule has 1 saturated heterocycles. The molecule has 1 N–H and O–H groups in total. The molecule has 0 aromatic heterocycles. The summed E-state index contributed by atoms with van der Waals surface area (Å²) in [6.07, 6.45) is 5.10. The standard InChI is InChI=1S/C13H19NO/c1-14-9-3-2-4-12(14)10-11-5-7-13(15)8-6-11/h5-8,12,15H,2-4,9-10H2,1H3/t12-/m1/s1. The largest absolute Gasteiger partial charge is 0.508 e. The van der Waals surface area contributed by atoms with Crippen molar-refractivity contribution in [1.82, 2.24) is 4.90 Å². The number of phenolic OH excluding ortho intramolecular Hbond substituents is 1. The molecule has 1 aliphatic rings. The minimum Gasteiger partial charge on any atom is -0.508 e. The van der Waals surface area contributed by atoms with Gasteiger partial charge in [0, 0.05) is 6.04 Å². The van der Waals surface area contributed by atoms with Crippen molar-refractivity contribution in [2.45, 2.75) is 31.7 Å². The van der Waals surface area contributed by atoms with Crippen molar-refractivity contribution in [3.8, 4) is 5.75 Å². The lowest BCUT2D eigenvalue weighted by Gasteiger charge is -2.32. The Kier molecular flexibility index (Phi) is 3.27. The van der Waals surface area contributed by atoms with Crippen LogP contribution in [0.15, 0.2) is 24.3 Å². The number of aromatic hydroxyl groups is 1. The third-order valence-corrected chi connectivity index (χ3v) is 3.33. The molecular weight excluding hydrogens is 186 g/mol. The Hall–Kier alpha value is -1.02. The number of hydrogen-bond acceptors (Lipinski definition) is 2. The van der Waals surface area contributed by atoms with Crippen LogP contribution < -0.4 is 0 Å². The van der Waals surface area contributed by atoms with Gasteiger partial charge in [-0.3, -0.25) is 0 Å². The van der Waals surface area contributed by atoms with Crippen LogP contribution in [0, 0.1) is 0 Å². The van der Waals surface area contributed by atoms with Crippen LogP contribution in [0.4, 0.5) is 0 Å². The fourth-order valence-corrected chi connectivity index (χ4v) is 2.31. The molecule has 0 saturated carbocycles. The first-order chi connectivity index (χ1) is 7.25. The molecule has 1 fully saturated rings. The molecule has 2 rings (SSSR count). The third kappa shape index (κ3) is 2.72. The van der Waals surface area contributed by atoms with E-state index < -0.39 is 0 Å². The summed E-state index contributed by atoms with van der Waals surface area (Å²) in [7, 11) is 2.21. The van der Waals surface area contributed by atoms with Gasteiger partial charge in [-0.05, 0) is 50.6 Å². The predicted octanol–water partition coefficient (Wildman–Crippen LogP) is 2.42. The van der Waals surface area contributed by atoms with E-state index in [-0.39, 0.29) is 0 Å². The number of likely N-dealkylation sites (N-methyl/N-ethyl adjacent to an activating group) is 1. The van der Waals surface area contributed by atoms with E-state index in [1.165, 1.54) is 31.4 Å². The Morgan fingerprint density at radius 3 is 2.67 bits per heavy atom. The minimum atomic E-state index is 0.357. The molecule has 1 aliphatic heterocycles. The quantitative estimate of drug-likeness (QED) is 0.801. The summed E-state index contributed by atoms with van der Waals surface area (Å²) in [4.78, 5) is 2.45. The summed E-state index contributed by atoms with van der Waals surface area (Å²) in [5.41, 5.74) is 1.33. The number of phenols is 1. The van der Waals surface area contributed by atoms with Gasteiger partial charge in [-0.15, -0.1) is 0 Å². The van der Waals surface area contributed by atoms with E-state index >= 15 is 0 Å². The van der Waals surface area contributed by atoms with Gasteiger partial charge in [0.05, 0.1) is 0 Å². The first-order valence-corrected chi connectivity index (χ1v) is 5.74. The van der Waals surface area contributed by atoms with E-state index in [2.05, 4.69) is 11.9 Å². The first kappa shape index (κ1) is 10.5. The highest BCUT2D eigenvalue weighted by Gasteiger charge is 2.18. The van der Waals surface area contributed by atoms with Crippen LogP contribution in [0.5, 0.6) is 5.75 Å². The Bertz CT molecular complexity index is 307. The second-order valence-electron chi connectivity index (χ2n) is 4.50. The van der Waals surface area contributed by atoms with Gasteiger partial charge in [-0.25, -0.2) is 0 Å². The molecule has 0 unspecified atom stereocenters. The number of benzene rings is 1. The Morgan fingerprint density at radius 1 is 1.27 bits per heavy atom. The molecule has 1 heterocycles. The topological polar surface area (TPSA) is 23.5 Å². The van der Waals surface area contributed by atoms with Crippen molar-refractivity contribution in [3.05, 3.63) is 29.8 Å². The molecule has 82 valence electrons. The van der Waals surface area contributed by atoms with Crippen molar-refractivity contribution in [1.29, 1.82) is 0 Å². The number of nitrogens with zero attached hydrogens (tertiary/aromatic N) is 1. The van der Waals surface area contributed by atoms with E-state index in [4.69, 9.17) is 0 Å². The molecule has 1 aromatic carbocycles. The minimum absolute atomic E-state index is 0.357. The molecule has 0 aliphatic carbocycles. The zero-order chi connectivity index (χ0) is 10.7. The lowest BCUT2D eigenvalue weighted by molar-refractivity contribution is 0.184. The van der Waals surface area contributed by atoms with Gasteiger partial charge in [0.2, 0.25) is 0 Å². The highest BCUT2D eigenvalue weighted by molar-refractivity contribution is 5.26. The molecule has 1 aromatic rings. The van der Waals surface area contributed by atoms with Crippen molar-refractivity contribution in [2.75, 3.05) is 13.6 Å². The van der Waals surface area contributed by atoms with Gasteiger partial charge in [-0.1, -0.05) is 18.6 Å². The van der Waals surface area contributed by atoms with Gasteiger partial charge in [-0.2, -0.15) is 0 Å². The molecule has 2 heteroatoms. The smallest absolute Gasteiger partial charge is 0.115 e. The fourth-order valence-electron chi connectivity index (χ4n) is 2.31. The van der Waals surface area contributed by atoms with E-state index in [0.29, 0.717) is 11.8 Å². The molecule has 0 spiro atoms. The van der Waals surface area contributed by atoms with Crippen LogP contribution in [0.25, 0.3) is 0 Å². The van der Waals surface area contributed by atoms with Crippen LogP contribution in [0.2, 0.25) is 0 Å². The van der Waals surface area contributed by atoms with Crippen LogP contribution >= 0.6 is 0 Å². The maximum absolute atomic E-state index is 9.20. The summed E-state index contributed by atoms with van der Waals surface area (Å²) in [5.74, 6) is 0.357. The molecule has 2 nitrogen and oxygen atoms in total. The van der Waals surface area contributed by atoms with Crippen LogP contribution in [0.1, 0.15) is 24.8 Å². The molecule has 15 heavy (non-hydrogen) atoms. The predicted molar refractivity (Wildman–Crippen MR) is 62.1 cm³/mol. The van der Waals surface area contributed by atoms with Gasteiger partial charge < -0.3 is 10.0 Å². The normalized spacial score (nSPS) is 22.9. The maximum Gasteiger partial charge on any atom is 0.115 e. The van der Waals surface area contributed by atoms with Gasteiger partial charge in [0.1, 0.15) is 5.75 Å². The maximum atomic E-state index is 9.20. The molecule has 1 atom stereocenters. The fraction of sp³-hybridized carbons (Fsp3) is 0.538. The van der Waals surface area contributed by atoms with Crippen LogP contribution in [0.3, 0.4) is 0 Å². The lowest BCUT2D eigenvalue weighted by atomic mass is 9.96. The monoisotopic (exact) mass is 205 g/mol. The number of piperidine rings is 1. The second kappa shape index (κ2) is 4.67. The summed E-state index contributed by atoms with van der Waals surface area (Å²) >= 11 is 0. The average molecular weight is 205 g/mol. The first-order valence-electron chi connectivity index (χ1n) is 5.74. The lowest BCUT2D eigenvalue weighted by Crippen LogP contribution is -2.37. The van der Waals surface area contributed by atoms with E-state index in [1.54, 1.807) is 12.1 Å². The van der Waals surface area contributed by atoms with Gasteiger partial charge in [0.25, 0.3) is 0 Å². The Labute approximate surface area is 91.5 Å². The highest BCUT2D eigenvalue weighted by atomic mass is 16.3. The number of rotatable bonds is 2. The molecule has 0 bridgehead atoms. The summed E-state index contributed by atoms with van der Waals surface area (Å²) in [5, 5.41) is 9.20. The third-order valence-electron chi connectivity index (χ3n) is 3.33. The van der Waals surface area contributed by atoms with Crippen LogP contribution in [-0.2, 0) is 6.42 Å². The van der Waals surface area contributed by atoms with Crippen molar-refractivity contribution < 1.29 is 5.11 Å². The SMILES string of the molecule is CN1CCCC[C@@H]1Cc1ccc(O)cc1. The van der Waals surface area contributed by atoms with Crippen LogP contribution in [-0.4, -0.2) is 29.6 Å². The van der Waals surface area contributed by atoms with E-state index in [9.17, 15) is 5.11 Å². The number of likely N-dealkylation sites (tertiary alicyclic amines) is 1. The summed E-state index contributed by atoms with van der Waals surface area (Å²) < 4.78 is 0. The molecule has 0 amide bonds. The van der Waals surface area contributed by atoms with Gasteiger partial charge in [0.15, 0.2) is 0 Å². The highest BCUT2D eigenvalue weighted by Crippen LogP contribution is 2.20. The Morgan fingerprint density at radius 2 is 2.00 bits per heavy atom. The van der Waals surface area contributed by atoms with Crippen molar-refractivity contribution >= 4 is 0 Å².